The Labute approximate surface area is 168 Å². The molecule has 4 heterocycles. The summed E-state index contributed by atoms with van der Waals surface area (Å²) in [6.07, 6.45) is 8.06. The Hall–Kier alpha value is -3.36. The Morgan fingerprint density at radius 3 is 2.59 bits per heavy atom. The Kier molecular flexibility index (Phi) is 5.20. The number of carbonyl (C=O) groups excluding carboxylic acids is 1. The quantitative estimate of drug-likeness (QED) is 0.669. The maximum Gasteiger partial charge on any atom is 0.316 e. The minimum absolute atomic E-state index is 0.151. The van der Waals surface area contributed by atoms with E-state index in [0.717, 1.165) is 24.1 Å². The van der Waals surface area contributed by atoms with Crippen molar-refractivity contribution in [1.29, 1.82) is 0 Å². The summed E-state index contributed by atoms with van der Waals surface area (Å²) in [4.78, 5) is 29.6. The normalized spacial score (nSPS) is 19.2. The van der Waals surface area contributed by atoms with Crippen LogP contribution in [0.2, 0.25) is 0 Å². The zero-order chi connectivity index (χ0) is 20.4. The van der Waals surface area contributed by atoms with Crippen LogP contribution in [0.1, 0.15) is 41.5 Å². The van der Waals surface area contributed by atoms with Crippen LogP contribution in [0.4, 0.5) is 0 Å². The lowest BCUT2D eigenvalue weighted by molar-refractivity contribution is 0.0244. The number of hydrogen-bond acceptors (Lipinski definition) is 7. The molecular formula is C20H23N7O2. The van der Waals surface area contributed by atoms with E-state index in [0.29, 0.717) is 23.9 Å². The average Bonchev–Trinajstić information content (AvgIpc) is 3.25. The first-order chi connectivity index (χ1) is 14.0. The van der Waals surface area contributed by atoms with Crippen molar-refractivity contribution >= 4 is 5.91 Å². The summed E-state index contributed by atoms with van der Waals surface area (Å²) >= 11 is 0. The molecule has 0 N–H and O–H groups in total. The van der Waals surface area contributed by atoms with Crippen LogP contribution in [0.15, 0.2) is 36.9 Å². The van der Waals surface area contributed by atoms with Gasteiger partial charge in [0.1, 0.15) is 11.8 Å². The van der Waals surface area contributed by atoms with Crippen molar-refractivity contribution in [3.8, 4) is 11.7 Å². The number of amides is 1. The van der Waals surface area contributed by atoms with Crippen LogP contribution in [0, 0.1) is 13.8 Å². The second-order valence-electron chi connectivity index (χ2n) is 7.22. The van der Waals surface area contributed by atoms with E-state index in [9.17, 15) is 4.79 Å². The molecule has 1 saturated heterocycles. The first-order valence-corrected chi connectivity index (χ1v) is 9.63. The zero-order valence-electron chi connectivity index (χ0n) is 16.7. The number of carbonyl (C=O) groups is 1. The van der Waals surface area contributed by atoms with E-state index in [2.05, 4.69) is 25.1 Å². The molecule has 3 aromatic heterocycles. The van der Waals surface area contributed by atoms with Crippen LogP contribution in [0.5, 0.6) is 6.01 Å². The molecule has 1 aliphatic heterocycles. The largest absolute Gasteiger partial charge is 0.458 e. The van der Waals surface area contributed by atoms with Crippen molar-refractivity contribution in [3.63, 3.8) is 0 Å². The molecule has 29 heavy (non-hydrogen) atoms. The topological polar surface area (TPSA) is 98.9 Å². The van der Waals surface area contributed by atoms with Crippen molar-refractivity contribution in [2.24, 2.45) is 0 Å². The van der Waals surface area contributed by atoms with Crippen molar-refractivity contribution in [1.82, 2.24) is 34.8 Å². The predicted molar refractivity (Wildman–Crippen MR) is 105 cm³/mol. The van der Waals surface area contributed by atoms with Crippen LogP contribution in [-0.2, 0) is 0 Å². The Morgan fingerprint density at radius 1 is 1.14 bits per heavy atom. The number of ether oxygens (including phenoxy) is 1. The third-order valence-electron chi connectivity index (χ3n) is 5.04. The van der Waals surface area contributed by atoms with Crippen molar-refractivity contribution in [2.75, 3.05) is 6.54 Å². The molecule has 0 aromatic carbocycles. The molecule has 4 rings (SSSR count). The molecule has 3 aromatic rings. The van der Waals surface area contributed by atoms with Crippen LogP contribution in [0.3, 0.4) is 0 Å². The summed E-state index contributed by atoms with van der Waals surface area (Å²) in [5.74, 6) is -0.161. The number of nitrogens with zero attached hydrogens (tertiary/aromatic N) is 7. The summed E-state index contributed by atoms with van der Waals surface area (Å²) in [5, 5.41) is 8.31. The van der Waals surface area contributed by atoms with Crippen LogP contribution in [0.25, 0.3) is 5.69 Å². The lowest BCUT2D eigenvalue weighted by Gasteiger charge is -2.38. The molecule has 150 valence electrons. The molecule has 1 aliphatic rings. The van der Waals surface area contributed by atoms with Gasteiger partial charge in [-0.25, -0.2) is 15.0 Å². The number of likely N-dealkylation sites (tertiary alicyclic amines) is 1. The fourth-order valence-corrected chi connectivity index (χ4v) is 3.47. The Morgan fingerprint density at radius 2 is 1.86 bits per heavy atom. The van der Waals surface area contributed by atoms with Crippen LogP contribution in [-0.4, -0.2) is 59.4 Å². The Balaban J connectivity index is 1.58. The van der Waals surface area contributed by atoms with Crippen molar-refractivity contribution in [3.05, 3.63) is 53.9 Å². The van der Waals surface area contributed by atoms with Gasteiger partial charge in [-0.2, -0.15) is 10.2 Å². The fourth-order valence-electron chi connectivity index (χ4n) is 3.47. The van der Waals surface area contributed by atoms with E-state index < -0.39 is 0 Å². The van der Waals surface area contributed by atoms with Gasteiger partial charge in [0, 0.05) is 24.6 Å². The molecule has 1 amide bonds. The molecule has 0 spiro atoms. The highest BCUT2D eigenvalue weighted by molar-refractivity contribution is 5.96. The SMILES string of the molecule is Cc1cnc(O[C@@H]2CCCN(C(=O)c3nc(C)ccc3-n3nccn3)[C@H]2C)nc1. The molecule has 0 aliphatic carbocycles. The minimum Gasteiger partial charge on any atom is -0.458 e. The smallest absolute Gasteiger partial charge is 0.316 e. The highest BCUT2D eigenvalue weighted by Gasteiger charge is 2.35. The van der Waals surface area contributed by atoms with Gasteiger partial charge in [-0.3, -0.25) is 4.79 Å². The molecule has 2 atom stereocenters. The molecule has 0 saturated carbocycles. The first kappa shape index (κ1) is 19.0. The molecule has 1 fully saturated rings. The summed E-state index contributed by atoms with van der Waals surface area (Å²) in [7, 11) is 0. The lowest BCUT2D eigenvalue weighted by atomic mass is 9.99. The lowest BCUT2D eigenvalue weighted by Crippen LogP contribution is -2.51. The predicted octanol–water partition coefficient (Wildman–Crippen LogP) is 2.14. The molecule has 0 radical (unpaired) electrons. The summed E-state index contributed by atoms with van der Waals surface area (Å²) in [5.41, 5.74) is 2.62. The summed E-state index contributed by atoms with van der Waals surface area (Å²) in [6, 6.07) is 3.84. The number of rotatable bonds is 4. The number of aryl methyl sites for hydroxylation is 2. The van der Waals surface area contributed by atoms with Gasteiger partial charge in [0.05, 0.1) is 18.4 Å². The zero-order valence-corrected chi connectivity index (χ0v) is 16.7. The van der Waals surface area contributed by atoms with Crippen LogP contribution < -0.4 is 4.74 Å². The molecule has 0 bridgehead atoms. The van der Waals surface area contributed by atoms with Gasteiger partial charge in [-0.05, 0) is 51.3 Å². The van der Waals surface area contributed by atoms with Crippen LogP contribution >= 0.6 is 0 Å². The Bertz CT molecular complexity index is 989. The monoisotopic (exact) mass is 393 g/mol. The third-order valence-corrected chi connectivity index (χ3v) is 5.04. The maximum absolute atomic E-state index is 13.4. The standard InChI is InChI=1S/C20H23N7O2/c1-13-11-21-20(22-12-13)29-17-5-4-10-26(15(17)3)19(28)18-16(7-6-14(2)25-18)27-23-8-9-24-27/h6-9,11-12,15,17H,4-5,10H2,1-3H3/t15-,17+/m0/s1. The van der Waals surface area contributed by atoms with Crippen molar-refractivity contribution in [2.45, 2.75) is 45.8 Å². The van der Waals surface area contributed by atoms with Gasteiger partial charge in [-0.15, -0.1) is 4.80 Å². The van der Waals surface area contributed by atoms with Gasteiger partial charge in [-0.1, -0.05) is 0 Å². The van der Waals surface area contributed by atoms with E-state index in [1.54, 1.807) is 29.7 Å². The number of hydrogen-bond donors (Lipinski definition) is 0. The second kappa shape index (κ2) is 7.94. The summed E-state index contributed by atoms with van der Waals surface area (Å²) in [6.45, 7) is 6.40. The second-order valence-corrected chi connectivity index (χ2v) is 7.22. The number of piperidine rings is 1. The van der Waals surface area contributed by atoms with E-state index >= 15 is 0 Å². The van der Waals surface area contributed by atoms with Gasteiger partial charge in [0.2, 0.25) is 0 Å². The van der Waals surface area contributed by atoms with E-state index in [1.165, 1.54) is 4.80 Å². The number of aromatic nitrogens is 6. The van der Waals surface area contributed by atoms with Gasteiger partial charge >= 0.3 is 6.01 Å². The average molecular weight is 393 g/mol. The van der Waals surface area contributed by atoms with Gasteiger partial charge < -0.3 is 9.64 Å². The highest BCUT2D eigenvalue weighted by Crippen LogP contribution is 2.24. The molecular weight excluding hydrogens is 370 g/mol. The minimum atomic E-state index is -0.188. The van der Waals surface area contributed by atoms with E-state index in [4.69, 9.17) is 4.74 Å². The molecule has 9 nitrogen and oxygen atoms in total. The molecule has 9 heteroatoms. The van der Waals surface area contributed by atoms with E-state index in [1.807, 2.05) is 32.9 Å². The third kappa shape index (κ3) is 3.94. The van der Waals surface area contributed by atoms with Gasteiger partial charge in [0.15, 0.2) is 5.69 Å². The fraction of sp³-hybridized carbons (Fsp3) is 0.400. The highest BCUT2D eigenvalue weighted by atomic mass is 16.5. The number of pyridine rings is 1. The maximum atomic E-state index is 13.4. The van der Waals surface area contributed by atoms with Gasteiger partial charge in [0.25, 0.3) is 5.91 Å². The van der Waals surface area contributed by atoms with Crippen molar-refractivity contribution < 1.29 is 9.53 Å². The summed E-state index contributed by atoms with van der Waals surface area (Å²) < 4.78 is 6.00. The van der Waals surface area contributed by atoms with E-state index in [-0.39, 0.29) is 18.1 Å². The molecule has 0 unspecified atom stereocenters. The first-order valence-electron chi connectivity index (χ1n) is 9.63.